The average Bonchev–Trinajstić information content (AvgIpc) is 3.47. The minimum atomic E-state index is -2.95. The van der Waals surface area contributed by atoms with Crippen molar-refractivity contribution in [2.75, 3.05) is 5.32 Å². The summed E-state index contributed by atoms with van der Waals surface area (Å²) in [6.07, 6.45) is -2.64. The lowest BCUT2D eigenvalue weighted by Gasteiger charge is -2.21. The summed E-state index contributed by atoms with van der Waals surface area (Å²) in [4.78, 5) is 21.0. The Morgan fingerprint density at radius 3 is 2.62 bits per heavy atom. The SMILES string of the molecule is Cc1nc(NC(O)c2cccc3c2CCC3(F)F)c2cn(C3(C(F)F)CC3)c(=O)cc2n1. The molecule has 2 heterocycles. The van der Waals surface area contributed by atoms with Crippen LogP contribution in [0.3, 0.4) is 0 Å². The summed E-state index contributed by atoms with van der Waals surface area (Å²) in [5.74, 6) is -2.53. The quantitative estimate of drug-likeness (QED) is 0.456. The number of rotatable bonds is 5. The highest BCUT2D eigenvalue weighted by molar-refractivity contribution is 5.88. The number of benzene rings is 1. The van der Waals surface area contributed by atoms with E-state index in [1.54, 1.807) is 13.0 Å². The fraction of sp³-hybridized carbons (Fsp3) is 0.409. The molecule has 168 valence electrons. The van der Waals surface area contributed by atoms with Crippen molar-refractivity contribution in [3.8, 4) is 0 Å². The smallest absolute Gasteiger partial charge is 0.273 e. The highest BCUT2D eigenvalue weighted by Crippen LogP contribution is 2.48. The van der Waals surface area contributed by atoms with E-state index in [1.165, 1.54) is 24.4 Å². The molecule has 1 aromatic carbocycles. The van der Waals surface area contributed by atoms with Crippen LogP contribution in [0, 0.1) is 6.92 Å². The molecule has 1 saturated carbocycles. The second-order valence-corrected chi connectivity index (χ2v) is 8.43. The van der Waals surface area contributed by atoms with Gasteiger partial charge in [-0.15, -0.1) is 0 Å². The molecule has 0 bridgehead atoms. The van der Waals surface area contributed by atoms with Crippen LogP contribution in [0.15, 0.2) is 35.3 Å². The number of hydrogen-bond donors (Lipinski definition) is 2. The molecule has 2 aromatic heterocycles. The van der Waals surface area contributed by atoms with Gasteiger partial charge in [0.05, 0.1) is 10.9 Å². The molecule has 1 fully saturated rings. The molecule has 0 radical (unpaired) electrons. The molecule has 0 aliphatic heterocycles. The number of aromatic nitrogens is 3. The van der Waals surface area contributed by atoms with E-state index in [-0.39, 0.29) is 48.0 Å². The van der Waals surface area contributed by atoms with Crippen LogP contribution < -0.4 is 10.9 Å². The van der Waals surface area contributed by atoms with Crippen molar-refractivity contribution in [2.24, 2.45) is 0 Å². The first-order valence-corrected chi connectivity index (χ1v) is 10.3. The van der Waals surface area contributed by atoms with E-state index in [4.69, 9.17) is 0 Å². The third kappa shape index (κ3) is 3.16. The largest absolute Gasteiger partial charge is 0.369 e. The zero-order valence-corrected chi connectivity index (χ0v) is 17.1. The molecule has 2 aliphatic rings. The molecule has 6 nitrogen and oxygen atoms in total. The number of aryl methyl sites for hydroxylation is 1. The predicted octanol–water partition coefficient (Wildman–Crippen LogP) is 4.00. The molecule has 1 unspecified atom stereocenters. The Morgan fingerprint density at radius 2 is 1.94 bits per heavy atom. The van der Waals surface area contributed by atoms with Crippen molar-refractivity contribution in [2.45, 2.75) is 56.7 Å². The Hall–Kier alpha value is -3.01. The second-order valence-electron chi connectivity index (χ2n) is 8.43. The van der Waals surface area contributed by atoms with Crippen LogP contribution in [-0.4, -0.2) is 26.1 Å². The molecule has 2 aliphatic carbocycles. The molecule has 0 saturated heterocycles. The van der Waals surface area contributed by atoms with E-state index in [9.17, 15) is 27.5 Å². The van der Waals surface area contributed by atoms with Gasteiger partial charge in [-0.3, -0.25) is 4.79 Å². The van der Waals surface area contributed by atoms with Crippen LogP contribution in [0.1, 0.15) is 48.0 Å². The lowest BCUT2D eigenvalue weighted by Crippen LogP contribution is -2.35. The topological polar surface area (TPSA) is 80.0 Å². The Kier molecular flexibility index (Phi) is 4.56. The van der Waals surface area contributed by atoms with Gasteiger partial charge in [0.15, 0.2) is 6.23 Å². The van der Waals surface area contributed by atoms with Crippen LogP contribution in [0.2, 0.25) is 0 Å². The van der Waals surface area contributed by atoms with E-state index in [1.807, 2.05) is 0 Å². The standard InChI is InChI=1S/C22H20F4N4O2/c1-11-27-16-9-17(31)30(21(7-8-21)20(23)24)10-14(16)18(28-11)29-19(32)13-3-2-4-15-12(13)5-6-22(15,25)26/h2-4,9-10,19-20,32H,5-8H2,1H3,(H,27,28,29). The Labute approximate surface area is 179 Å². The molecule has 1 atom stereocenters. The van der Waals surface area contributed by atoms with E-state index in [0.29, 0.717) is 17.0 Å². The number of anilines is 1. The number of nitrogens with one attached hydrogen (secondary N) is 1. The molecule has 32 heavy (non-hydrogen) atoms. The Morgan fingerprint density at radius 1 is 1.19 bits per heavy atom. The summed E-state index contributed by atoms with van der Waals surface area (Å²) >= 11 is 0. The number of pyridine rings is 1. The second kappa shape index (κ2) is 6.99. The van der Waals surface area contributed by atoms with Gasteiger partial charge in [-0.1, -0.05) is 18.2 Å². The molecule has 10 heteroatoms. The summed E-state index contributed by atoms with van der Waals surface area (Å²) in [6, 6.07) is 5.53. The first-order chi connectivity index (χ1) is 15.1. The fourth-order valence-corrected chi connectivity index (χ4v) is 4.48. The maximum Gasteiger partial charge on any atom is 0.273 e. The van der Waals surface area contributed by atoms with Gasteiger partial charge in [0, 0.05) is 29.8 Å². The molecule has 0 amide bonds. The van der Waals surface area contributed by atoms with Crippen molar-refractivity contribution in [3.05, 3.63) is 63.3 Å². The van der Waals surface area contributed by atoms with E-state index < -0.39 is 29.7 Å². The summed E-state index contributed by atoms with van der Waals surface area (Å²) in [5, 5.41) is 13.9. The number of aliphatic hydroxyl groups is 1. The van der Waals surface area contributed by atoms with Gasteiger partial charge in [-0.05, 0) is 31.7 Å². The van der Waals surface area contributed by atoms with Crippen LogP contribution in [0.5, 0.6) is 0 Å². The summed E-state index contributed by atoms with van der Waals surface area (Å²) in [7, 11) is 0. The third-order valence-electron chi connectivity index (χ3n) is 6.35. The summed E-state index contributed by atoms with van der Waals surface area (Å²) in [6.45, 7) is 1.59. The van der Waals surface area contributed by atoms with Crippen LogP contribution in [0.25, 0.3) is 10.9 Å². The molecular weight excluding hydrogens is 428 g/mol. The number of aliphatic hydroxyl groups excluding tert-OH is 1. The highest BCUT2D eigenvalue weighted by atomic mass is 19.3. The average molecular weight is 448 g/mol. The number of nitrogens with zero attached hydrogens (tertiary/aromatic N) is 3. The predicted molar refractivity (Wildman–Crippen MR) is 109 cm³/mol. The first-order valence-electron chi connectivity index (χ1n) is 10.3. The third-order valence-corrected chi connectivity index (χ3v) is 6.35. The van der Waals surface area contributed by atoms with Gasteiger partial charge in [-0.2, -0.15) is 0 Å². The number of fused-ring (bicyclic) bond motifs is 2. The van der Waals surface area contributed by atoms with Gasteiger partial charge in [0.2, 0.25) is 0 Å². The van der Waals surface area contributed by atoms with Gasteiger partial charge < -0.3 is 15.0 Å². The van der Waals surface area contributed by atoms with Gasteiger partial charge in [0.25, 0.3) is 17.9 Å². The number of halogens is 4. The van der Waals surface area contributed by atoms with Crippen LogP contribution >= 0.6 is 0 Å². The minimum absolute atomic E-state index is 0.110. The number of hydrogen-bond acceptors (Lipinski definition) is 5. The lowest BCUT2D eigenvalue weighted by molar-refractivity contribution is -0.00185. The first kappa shape index (κ1) is 20.9. The van der Waals surface area contributed by atoms with Crippen molar-refractivity contribution in [1.82, 2.24) is 14.5 Å². The lowest BCUT2D eigenvalue weighted by atomic mass is 10.0. The van der Waals surface area contributed by atoms with Crippen molar-refractivity contribution in [3.63, 3.8) is 0 Å². The highest BCUT2D eigenvalue weighted by Gasteiger charge is 2.53. The van der Waals surface area contributed by atoms with E-state index in [0.717, 1.165) is 4.57 Å². The molecule has 5 rings (SSSR count). The minimum Gasteiger partial charge on any atom is -0.369 e. The fourth-order valence-electron chi connectivity index (χ4n) is 4.48. The Bertz CT molecular complexity index is 1290. The zero-order chi connectivity index (χ0) is 22.8. The maximum absolute atomic E-state index is 14.1. The van der Waals surface area contributed by atoms with Crippen LogP contribution in [-0.2, 0) is 17.9 Å². The van der Waals surface area contributed by atoms with Crippen molar-refractivity contribution >= 4 is 16.7 Å². The van der Waals surface area contributed by atoms with Gasteiger partial charge in [0.1, 0.15) is 17.2 Å². The van der Waals surface area contributed by atoms with E-state index in [2.05, 4.69) is 15.3 Å². The molecule has 3 aromatic rings. The maximum atomic E-state index is 14.1. The van der Waals surface area contributed by atoms with Gasteiger partial charge in [-0.25, -0.2) is 27.5 Å². The van der Waals surface area contributed by atoms with E-state index >= 15 is 0 Å². The molecular formula is C22H20F4N4O2. The number of alkyl halides is 4. The van der Waals surface area contributed by atoms with Gasteiger partial charge >= 0.3 is 0 Å². The monoisotopic (exact) mass is 448 g/mol. The molecule has 2 N–H and O–H groups in total. The normalized spacial score (nSPS) is 19.2. The Balaban J connectivity index is 1.58. The summed E-state index contributed by atoms with van der Waals surface area (Å²) < 4.78 is 56.5. The zero-order valence-electron chi connectivity index (χ0n) is 17.1. The van der Waals surface area contributed by atoms with Crippen molar-refractivity contribution in [1.29, 1.82) is 0 Å². The summed E-state index contributed by atoms with van der Waals surface area (Å²) in [5.41, 5.74) is -1.34. The van der Waals surface area contributed by atoms with Crippen molar-refractivity contribution < 1.29 is 22.7 Å². The van der Waals surface area contributed by atoms with Crippen LogP contribution in [0.4, 0.5) is 23.4 Å². The molecule has 0 spiro atoms.